The van der Waals surface area contributed by atoms with Crippen molar-refractivity contribution in [1.29, 1.82) is 5.26 Å². The summed E-state index contributed by atoms with van der Waals surface area (Å²) in [6, 6.07) is 19.8. The Kier molecular flexibility index (Phi) is 4.62. The van der Waals surface area contributed by atoms with Crippen molar-refractivity contribution in [1.82, 2.24) is 4.90 Å². The van der Waals surface area contributed by atoms with Crippen molar-refractivity contribution in [3.05, 3.63) is 75.8 Å². The van der Waals surface area contributed by atoms with Crippen LogP contribution in [0.15, 0.2) is 65.2 Å². The molecule has 0 spiro atoms. The molecule has 130 valence electrons. The molecule has 2 aliphatic heterocycles. The second kappa shape index (κ2) is 7.06. The fraction of sp³-hybridized carbons (Fsp3) is 0.200. The van der Waals surface area contributed by atoms with Gasteiger partial charge in [0.1, 0.15) is 0 Å². The number of hydrogen-bond acceptors (Lipinski definition) is 4. The summed E-state index contributed by atoms with van der Waals surface area (Å²) in [5, 5.41) is 11.2. The number of benzene rings is 2. The second-order valence-electron chi connectivity index (χ2n) is 6.25. The van der Waals surface area contributed by atoms with Crippen molar-refractivity contribution in [2.45, 2.75) is 12.3 Å². The van der Waals surface area contributed by atoms with Gasteiger partial charge < -0.3 is 4.90 Å². The Hall–Kier alpha value is -2.42. The van der Waals surface area contributed by atoms with E-state index in [4.69, 9.17) is 11.6 Å². The molecule has 0 N–H and O–H groups in total. The largest absolute Gasteiger partial charge is 0.344 e. The van der Waals surface area contributed by atoms with Crippen LogP contribution in [0, 0.1) is 11.3 Å². The first-order valence-corrected chi connectivity index (χ1v) is 9.66. The average molecular weight is 382 g/mol. The quantitative estimate of drug-likeness (QED) is 0.765. The SMILES string of the molecule is N#CC1=C2SCN(c3cccc(Cl)c3)CN2C(=O)CC1c1ccccc1. The molecule has 4 rings (SSSR count). The first-order valence-electron chi connectivity index (χ1n) is 8.30. The number of fused-ring (bicyclic) bond motifs is 1. The molecule has 0 aliphatic carbocycles. The van der Waals surface area contributed by atoms with E-state index in [1.165, 1.54) is 11.8 Å². The van der Waals surface area contributed by atoms with E-state index in [1.807, 2.05) is 54.6 Å². The van der Waals surface area contributed by atoms with Crippen molar-refractivity contribution in [3.63, 3.8) is 0 Å². The summed E-state index contributed by atoms with van der Waals surface area (Å²) in [7, 11) is 0. The molecule has 1 amide bonds. The fourth-order valence-electron chi connectivity index (χ4n) is 3.37. The Balaban J connectivity index is 1.67. The van der Waals surface area contributed by atoms with Crippen LogP contribution in [0.4, 0.5) is 5.69 Å². The number of halogens is 1. The lowest BCUT2D eigenvalue weighted by atomic mass is 9.86. The molecule has 1 fully saturated rings. The van der Waals surface area contributed by atoms with Crippen LogP contribution in [0.5, 0.6) is 0 Å². The summed E-state index contributed by atoms with van der Waals surface area (Å²) in [6.45, 7) is 0.439. The van der Waals surface area contributed by atoms with Gasteiger partial charge in [0.05, 0.1) is 29.2 Å². The number of allylic oxidation sites excluding steroid dienone is 1. The molecule has 1 unspecified atom stereocenters. The number of hydrogen-bond donors (Lipinski definition) is 0. The average Bonchev–Trinajstić information content (AvgIpc) is 2.68. The molecule has 0 aromatic heterocycles. The molecule has 2 aromatic rings. The van der Waals surface area contributed by atoms with Crippen LogP contribution in [-0.2, 0) is 4.79 Å². The number of anilines is 1. The minimum absolute atomic E-state index is 0.0482. The van der Waals surface area contributed by atoms with Crippen molar-refractivity contribution in [2.75, 3.05) is 17.4 Å². The van der Waals surface area contributed by atoms with E-state index >= 15 is 0 Å². The molecule has 4 nitrogen and oxygen atoms in total. The molecule has 6 heteroatoms. The third kappa shape index (κ3) is 3.07. The van der Waals surface area contributed by atoms with Crippen LogP contribution in [0.1, 0.15) is 17.9 Å². The zero-order chi connectivity index (χ0) is 18.1. The summed E-state index contributed by atoms with van der Waals surface area (Å²) in [5.74, 6) is 0.559. The second-order valence-corrected chi connectivity index (χ2v) is 7.62. The molecule has 1 atom stereocenters. The Labute approximate surface area is 161 Å². The van der Waals surface area contributed by atoms with Crippen LogP contribution >= 0.6 is 23.4 Å². The maximum Gasteiger partial charge on any atom is 0.229 e. The van der Waals surface area contributed by atoms with Crippen molar-refractivity contribution in [3.8, 4) is 6.07 Å². The molecule has 0 bridgehead atoms. The summed E-state index contributed by atoms with van der Waals surface area (Å²) < 4.78 is 0. The van der Waals surface area contributed by atoms with Crippen molar-refractivity contribution >= 4 is 35.0 Å². The number of carbonyl (C=O) groups is 1. The zero-order valence-electron chi connectivity index (χ0n) is 13.9. The number of nitrogens with zero attached hydrogens (tertiary/aromatic N) is 3. The lowest BCUT2D eigenvalue weighted by Gasteiger charge is -2.42. The van der Waals surface area contributed by atoms with E-state index in [0.717, 1.165) is 16.3 Å². The third-order valence-corrected chi connectivity index (χ3v) is 6.06. The number of nitriles is 1. The van der Waals surface area contributed by atoms with Crippen LogP contribution in [0.25, 0.3) is 0 Å². The van der Waals surface area contributed by atoms with Gasteiger partial charge in [-0.1, -0.05) is 59.8 Å². The molecule has 26 heavy (non-hydrogen) atoms. The van der Waals surface area contributed by atoms with Crippen molar-refractivity contribution in [2.24, 2.45) is 0 Å². The molecular weight excluding hydrogens is 366 g/mol. The van der Waals surface area contributed by atoms with Crippen LogP contribution in [0.3, 0.4) is 0 Å². The van der Waals surface area contributed by atoms with Crippen LogP contribution < -0.4 is 4.90 Å². The van der Waals surface area contributed by atoms with Gasteiger partial charge in [0.2, 0.25) is 5.91 Å². The highest BCUT2D eigenvalue weighted by molar-refractivity contribution is 8.03. The Morgan fingerprint density at radius 2 is 1.96 bits per heavy atom. The standard InChI is InChI=1S/C20H16ClN3OS/c21-15-7-4-8-16(9-15)23-12-24-19(25)10-17(14-5-2-1-3-6-14)18(11-22)20(24)26-13-23/h1-9,17H,10,12-13H2. The van der Waals surface area contributed by atoms with E-state index in [2.05, 4.69) is 11.0 Å². The lowest BCUT2D eigenvalue weighted by Crippen LogP contribution is -2.47. The molecular formula is C20H16ClN3OS. The highest BCUT2D eigenvalue weighted by Crippen LogP contribution is 2.43. The minimum atomic E-state index is -0.162. The first kappa shape index (κ1) is 17.0. The van der Waals surface area contributed by atoms with E-state index in [1.54, 1.807) is 4.90 Å². The van der Waals surface area contributed by atoms with E-state index < -0.39 is 0 Å². The highest BCUT2D eigenvalue weighted by Gasteiger charge is 2.38. The number of rotatable bonds is 2. The number of thioether (sulfide) groups is 1. The van der Waals surface area contributed by atoms with E-state index in [9.17, 15) is 10.1 Å². The van der Waals surface area contributed by atoms with Gasteiger partial charge in [-0.2, -0.15) is 5.26 Å². The van der Waals surface area contributed by atoms with Gasteiger partial charge in [0.15, 0.2) is 0 Å². The fourth-order valence-corrected chi connectivity index (χ4v) is 4.72. The lowest BCUT2D eigenvalue weighted by molar-refractivity contribution is -0.129. The Bertz CT molecular complexity index is 922. The van der Waals surface area contributed by atoms with Crippen LogP contribution in [0.2, 0.25) is 5.02 Å². The summed E-state index contributed by atoms with van der Waals surface area (Å²) in [4.78, 5) is 16.7. The Morgan fingerprint density at radius 3 is 2.69 bits per heavy atom. The molecule has 2 aromatic carbocycles. The highest BCUT2D eigenvalue weighted by atomic mass is 35.5. The maximum atomic E-state index is 12.8. The van der Waals surface area contributed by atoms with Gasteiger partial charge in [0, 0.05) is 23.0 Å². The number of carbonyl (C=O) groups excluding carboxylic acids is 1. The minimum Gasteiger partial charge on any atom is -0.344 e. The van der Waals surface area contributed by atoms with E-state index in [-0.39, 0.29) is 11.8 Å². The zero-order valence-corrected chi connectivity index (χ0v) is 15.5. The summed E-state index contributed by atoms with van der Waals surface area (Å²) >= 11 is 7.63. The third-order valence-electron chi connectivity index (χ3n) is 4.67. The Morgan fingerprint density at radius 1 is 1.15 bits per heavy atom. The summed E-state index contributed by atoms with van der Waals surface area (Å²) in [6.07, 6.45) is 0.320. The van der Waals surface area contributed by atoms with Gasteiger partial charge in [-0.25, -0.2) is 0 Å². The predicted octanol–water partition coefficient (Wildman–Crippen LogP) is 4.56. The van der Waals surface area contributed by atoms with Gasteiger partial charge in [0.25, 0.3) is 0 Å². The van der Waals surface area contributed by atoms with Crippen LogP contribution in [-0.4, -0.2) is 23.4 Å². The monoisotopic (exact) mass is 381 g/mol. The van der Waals surface area contributed by atoms with Crippen molar-refractivity contribution < 1.29 is 4.79 Å². The van der Waals surface area contributed by atoms with E-state index in [0.29, 0.717) is 29.6 Å². The number of amides is 1. The topological polar surface area (TPSA) is 47.3 Å². The van der Waals surface area contributed by atoms with Gasteiger partial charge in [-0.3, -0.25) is 9.69 Å². The molecule has 0 saturated carbocycles. The van der Waals surface area contributed by atoms with Gasteiger partial charge in [-0.05, 0) is 23.8 Å². The predicted molar refractivity (Wildman–Crippen MR) is 105 cm³/mol. The van der Waals surface area contributed by atoms with Gasteiger partial charge >= 0.3 is 0 Å². The summed E-state index contributed by atoms with van der Waals surface area (Å²) in [5.41, 5.74) is 2.68. The molecule has 1 saturated heterocycles. The first-order chi connectivity index (χ1) is 12.7. The molecule has 2 heterocycles. The van der Waals surface area contributed by atoms with Gasteiger partial charge in [-0.15, -0.1) is 0 Å². The smallest absolute Gasteiger partial charge is 0.229 e. The molecule has 0 radical (unpaired) electrons. The maximum absolute atomic E-state index is 12.8. The normalized spacial score (nSPS) is 20.0. The molecule has 2 aliphatic rings.